The predicted molar refractivity (Wildman–Crippen MR) is 44.2 cm³/mol. The molecular weight excluding hydrogens is 150 g/mol. The van der Waals surface area contributed by atoms with Gasteiger partial charge in [-0.1, -0.05) is 6.92 Å². The molecule has 1 rings (SSSR count). The molecule has 0 aliphatic rings. The Labute approximate surface area is 64.5 Å². The van der Waals surface area contributed by atoms with E-state index in [1.807, 2.05) is 0 Å². The van der Waals surface area contributed by atoms with Crippen LogP contribution in [0.25, 0.3) is 0 Å². The van der Waals surface area contributed by atoms with E-state index in [2.05, 4.69) is 29.9 Å². The SMILES string of the molecule is CCc1nc(CS)cs1. The highest BCUT2D eigenvalue weighted by Gasteiger charge is 1.95. The van der Waals surface area contributed by atoms with Gasteiger partial charge in [-0.05, 0) is 6.42 Å². The molecule has 3 heteroatoms. The topological polar surface area (TPSA) is 12.9 Å². The minimum absolute atomic E-state index is 0.760. The van der Waals surface area contributed by atoms with Gasteiger partial charge in [-0.15, -0.1) is 11.3 Å². The molecule has 1 heterocycles. The first-order chi connectivity index (χ1) is 4.36. The Morgan fingerprint density at radius 1 is 1.78 bits per heavy atom. The van der Waals surface area contributed by atoms with Crippen molar-refractivity contribution in [3.63, 3.8) is 0 Å². The minimum atomic E-state index is 0.760. The van der Waals surface area contributed by atoms with E-state index >= 15 is 0 Å². The number of thiazole rings is 1. The average Bonchev–Trinajstić information content (AvgIpc) is 2.34. The van der Waals surface area contributed by atoms with Crippen LogP contribution in [0.5, 0.6) is 0 Å². The second-order valence-corrected chi connectivity index (χ2v) is 3.00. The number of nitrogens with zero attached hydrogens (tertiary/aromatic N) is 1. The van der Waals surface area contributed by atoms with E-state index in [4.69, 9.17) is 0 Å². The van der Waals surface area contributed by atoms with Gasteiger partial charge in [0, 0.05) is 11.1 Å². The number of aryl methyl sites for hydroxylation is 1. The van der Waals surface area contributed by atoms with Gasteiger partial charge in [-0.3, -0.25) is 0 Å². The molecule has 0 fully saturated rings. The van der Waals surface area contributed by atoms with Crippen molar-refractivity contribution in [1.82, 2.24) is 4.98 Å². The Hall–Kier alpha value is -0.0200. The summed E-state index contributed by atoms with van der Waals surface area (Å²) in [6, 6.07) is 0. The molecule has 0 bridgehead atoms. The first-order valence-corrected chi connectivity index (χ1v) is 4.42. The Kier molecular flexibility index (Phi) is 2.54. The molecule has 0 saturated heterocycles. The lowest BCUT2D eigenvalue weighted by Gasteiger charge is -1.82. The molecule has 0 atom stereocenters. The van der Waals surface area contributed by atoms with Gasteiger partial charge in [0.05, 0.1) is 10.7 Å². The van der Waals surface area contributed by atoms with Crippen molar-refractivity contribution < 1.29 is 0 Å². The highest BCUT2D eigenvalue weighted by atomic mass is 32.1. The third-order valence-corrected chi connectivity index (χ3v) is 2.43. The lowest BCUT2D eigenvalue weighted by molar-refractivity contribution is 1.06. The molecular formula is C6H9NS2. The highest BCUT2D eigenvalue weighted by molar-refractivity contribution is 7.79. The number of hydrogen-bond donors (Lipinski definition) is 1. The molecule has 0 aliphatic carbocycles. The van der Waals surface area contributed by atoms with Crippen LogP contribution in [0.15, 0.2) is 5.38 Å². The molecule has 50 valence electrons. The molecule has 0 saturated carbocycles. The summed E-state index contributed by atoms with van der Waals surface area (Å²) >= 11 is 5.82. The van der Waals surface area contributed by atoms with Crippen LogP contribution in [-0.4, -0.2) is 4.98 Å². The maximum absolute atomic E-state index is 4.29. The van der Waals surface area contributed by atoms with Crippen molar-refractivity contribution in [2.45, 2.75) is 19.1 Å². The summed E-state index contributed by atoms with van der Waals surface area (Å²) in [6.45, 7) is 2.11. The fourth-order valence-electron chi connectivity index (χ4n) is 0.584. The molecule has 1 aromatic heterocycles. The molecule has 0 radical (unpaired) electrons. The van der Waals surface area contributed by atoms with Gasteiger partial charge in [-0.25, -0.2) is 4.98 Å². The third kappa shape index (κ3) is 1.69. The molecule has 0 aliphatic heterocycles. The van der Waals surface area contributed by atoms with E-state index in [1.54, 1.807) is 11.3 Å². The number of aromatic nitrogens is 1. The van der Waals surface area contributed by atoms with Crippen LogP contribution in [0, 0.1) is 0 Å². The minimum Gasteiger partial charge on any atom is -0.245 e. The summed E-state index contributed by atoms with van der Waals surface area (Å²) < 4.78 is 0. The largest absolute Gasteiger partial charge is 0.245 e. The van der Waals surface area contributed by atoms with Crippen molar-refractivity contribution in [1.29, 1.82) is 0 Å². The molecule has 1 nitrogen and oxygen atoms in total. The quantitative estimate of drug-likeness (QED) is 0.652. The van der Waals surface area contributed by atoms with Gasteiger partial charge < -0.3 is 0 Å². The van der Waals surface area contributed by atoms with Gasteiger partial charge in [0.2, 0.25) is 0 Å². The Morgan fingerprint density at radius 2 is 2.56 bits per heavy atom. The Morgan fingerprint density at radius 3 is 2.89 bits per heavy atom. The van der Waals surface area contributed by atoms with Crippen LogP contribution in [0.4, 0.5) is 0 Å². The van der Waals surface area contributed by atoms with E-state index in [1.165, 1.54) is 5.01 Å². The van der Waals surface area contributed by atoms with Crippen LogP contribution in [-0.2, 0) is 12.2 Å². The van der Waals surface area contributed by atoms with Gasteiger partial charge in [-0.2, -0.15) is 12.6 Å². The molecule has 1 aromatic rings. The molecule has 0 unspecified atom stereocenters. The van der Waals surface area contributed by atoms with Crippen molar-refractivity contribution in [3.05, 3.63) is 16.1 Å². The molecule has 0 amide bonds. The highest BCUT2D eigenvalue weighted by Crippen LogP contribution is 2.10. The summed E-state index contributed by atoms with van der Waals surface area (Å²) in [7, 11) is 0. The first-order valence-electron chi connectivity index (χ1n) is 2.91. The van der Waals surface area contributed by atoms with E-state index in [-0.39, 0.29) is 0 Å². The van der Waals surface area contributed by atoms with Crippen LogP contribution in [0.3, 0.4) is 0 Å². The monoisotopic (exact) mass is 159 g/mol. The second kappa shape index (κ2) is 3.22. The second-order valence-electron chi connectivity index (χ2n) is 1.74. The lowest BCUT2D eigenvalue weighted by Crippen LogP contribution is -1.79. The third-order valence-electron chi connectivity index (χ3n) is 1.06. The Balaban J connectivity index is 2.74. The van der Waals surface area contributed by atoms with E-state index < -0.39 is 0 Å². The summed E-state index contributed by atoms with van der Waals surface area (Å²) in [5.74, 6) is 0.760. The number of rotatable bonds is 2. The molecule has 0 N–H and O–H groups in total. The Bertz CT molecular complexity index is 164. The fraction of sp³-hybridized carbons (Fsp3) is 0.500. The summed E-state index contributed by atoms with van der Waals surface area (Å²) in [6.07, 6.45) is 1.04. The number of hydrogen-bond acceptors (Lipinski definition) is 3. The van der Waals surface area contributed by atoms with Crippen LogP contribution in [0.2, 0.25) is 0 Å². The van der Waals surface area contributed by atoms with E-state index in [0.717, 1.165) is 17.9 Å². The van der Waals surface area contributed by atoms with Crippen LogP contribution < -0.4 is 0 Å². The summed E-state index contributed by atoms with van der Waals surface area (Å²) in [5.41, 5.74) is 1.10. The fourth-order valence-corrected chi connectivity index (χ4v) is 1.61. The zero-order chi connectivity index (χ0) is 6.69. The zero-order valence-corrected chi connectivity index (χ0v) is 7.01. The lowest BCUT2D eigenvalue weighted by atomic mass is 10.5. The van der Waals surface area contributed by atoms with Gasteiger partial charge in [0.15, 0.2) is 0 Å². The number of thiol groups is 1. The predicted octanol–water partition coefficient (Wildman–Crippen LogP) is 2.14. The molecule has 0 spiro atoms. The first kappa shape index (κ1) is 7.09. The standard InChI is InChI=1S/C6H9NS2/c1-2-6-7-5(3-8)4-9-6/h4,8H,2-3H2,1H3. The smallest absolute Gasteiger partial charge is 0.0925 e. The van der Waals surface area contributed by atoms with Crippen molar-refractivity contribution in [2.24, 2.45) is 0 Å². The van der Waals surface area contributed by atoms with Gasteiger partial charge >= 0.3 is 0 Å². The van der Waals surface area contributed by atoms with Crippen molar-refractivity contribution in [2.75, 3.05) is 0 Å². The van der Waals surface area contributed by atoms with Crippen molar-refractivity contribution in [3.8, 4) is 0 Å². The van der Waals surface area contributed by atoms with Crippen LogP contribution in [0.1, 0.15) is 17.6 Å². The maximum atomic E-state index is 4.29. The van der Waals surface area contributed by atoms with Crippen LogP contribution >= 0.6 is 24.0 Å². The van der Waals surface area contributed by atoms with Crippen molar-refractivity contribution >= 4 is 24.0 Å². The maximum Gasteiger partial charge on any atom is 0.0925 e. The summed E-state index contributed by atoms with van der Waals surface area (Å²) in [4.78, 5) is 4.29. The van der Waals surface area contributed by atoms with E-state index in [0.29, 0.717) is 0 Å². The molecule has 0 aromatic carbocycles. The average molecular weight is 159 g/mol. The van der Waals surface area contributed by atoms with E-state index in [9.17, 15) is 0 Å². The summed E-state index contributed by atoms with van der Waals surface area (Å²) in [5, 5.41) is 3.27. The van der Waals surface area contributed by atoms with Gasteiger partial charge in [0.25, 0.3) is 0 Å². The normalized spacial score (nSPS) is 10.0. The van der Waals surface area contributed by atoms with Gasteiger partial charge in [0.1, 0.15) is 0 Å². The zero-order valence-electron chi connectivity index (χ0n) is 5.29. The molecule has 9 heavy (non-hydrogen) atoms.